The van der Waals surface area contributed by atoms with Gasteiger partial charge in [-0.1, -0.05) is 24.3 Å². The first-order chi connectivity index (χ1) is 9.37. The minimum atomic E-state index is -0.226. The lowest BCUT2D eigenvalue weighted by atomic mass is 9.91. The Balaban J connectivity index is 1.97. The molecule has 1 aliphatic carbocycles. The molecule has 2 unspecified atom stereocenters. The Morgan fingerprint density at radius 3 is 2.65 bits per heavy atom. The highest BCUT2D eigenvalue weighted by Crippen LogP contribution is 2.25. The molecule has 0 radical (unpaired) electrons. The molecule has 20 heavy (non-hydrogen) atoms. The fourth-order valence-corrected chi connectivity index (χ4v) is 3.02. The summed E-state index contributed by atoms with van der Waals surface area (Å²) in [5.41, 5.74) is 8.23. The van der Waals surface area contributed by atoms with Crippen LogP contribution >= 0.6 is 0 Å². The van der Waals surface area contributed by atoms with Gasteiger partial charge in [0.25, 0.3) is 0 Å². The SMILES string of the molecule is Cc1ccccc1CC(C)(C)NC(=O)C1CCC(N)C1. The minimum Gasteiger partial charge on any atom is -0.351 e. The predicted molar refractivity (Wildman–Crippen MR) is 82.4 cm³/mol. The van der Waals surface area contributed by atoms with Crippen molar-refractivity contribution in [2.24, 2.45) is 11.7 Å². The first-order valence-electron chi connectivity index (χ1n) is 7.49. The number of hydrogen-bond donors (Lipinski definition) is 2. The van der Waals surface area contributed by atoms with Crippen molar-refractivity contribution in [1.29, 1.82) is 0 Å². The molecule has 0 saturated heterocycles. The van der Waals surface area contributed by atoms with Crippen LogP contribution in [0.3, 0.4) is 0 Å². The van der Waals surface area contributed by atoms with Crippen molar-refractivity contribution in [2.75, 3.05) is 0 Å². The van der Waals surface area contributed by atoms with E-state index in [2.05, 4.69) is 44.3 Å². The van der Waals surface area contributed by atoms with Crippen molar-refractivity contribution in [3.8, 4) is 0 Å². The zero-order valence-electron chi connectivity index (χ0n) is 12.8. The quantitative estimate of drug-likeness (QED) is 0.886. The summed E-state index contributed by atoms with van der Waals surface area (Å²) in [4.78, 5) is 12.3. The molecule has 0 aliphatic heterocycles. The maximum absolute atomic E-state index is 12.3. The topological polar surface area (TPSA) is 55.1 Å². The van der Waals surface area contributed by atoms with Crippen LogP contribution in [0.1, 0.15) is 44.2 Å². The molecule has 0 aromatic heterocycles. The van der Waals surface area contributed by atoms with E-state index in [4.69, 9.17) is 5.73 Å². The van der Waals surface area contributed by atoms with Gasteiger partial charge in [0.1, 0.15) is 0 Å². The summed E-state index contributed by atoms with van der Waals surface area (Å²) >= 11 is 0. The van der Waals surface area contributed by atoms with Crippen LogP contribution in [-0.4, -0.2) is 17.5 Å². The van der Waals surface area contributed by atoms with Gasteiger partial charge in [-0.2, -0.15) is 0 Å². The number of rotatable bonds is 4. The molecule has 3 N–H and O–H groups in total. The Labute approximate surface area is 121 Å². The maximum atomic E-state index is 12.3. The summed E-state index contributed by atoms with van der Waals surface area (Å²) in [7, 11) is 0. The van der Waals surface area contributed by atoms with Crippen molar-refractivity contribution in [3.63, 3.8) is 0 Å². The van der Waals surface area contributed by atoms with Crippen LogP contribution in [0.2, 0.25) is 0 Å². The number of aryl methyl sites for hydroxylation is 1. The van der Waals surface area contributed by atoms with Crippen molar-refractivity contribution in [3.05, 3.63) is 35.4 Å². The number of nitrogens with one attached hydrogen (secondary N) is 1. The zero-order chi connectivity index (χ0) is 14.8. The van der Waals surface area contributed by atoms with Gasteiger partial charge < -0.3 is 11.1 Å². The molecular formula is C17H26N2O. The third-order valence-electron chi connectivity index (χ3n) is 4.20. The van der Waals surface area contributed by atoms with E-state index in [1.54, 1.807) is 0 Å². The van der Waals surface area contributed by atoms with Crippen molar-refractivity contribution in [1.82, 2.24) is 5.32 Å². The van der Waals surface area contributed by atoms with Crippen LogP contribution < -0.4 is 11.1 Å². The maximum Gasteiger partial charge on any atom is 0.223 e. The normalized spacial score (nSPS) is 22.8. The molecule has 2 rings (SSSR count). The highest BCUT2D eigenvalue weighted by Gasteiger charge is 2.31. The molecular weight excluding hydrogens is 248 g/mol. The molecule has 1 aliphatic rings. The summed E-state index contributed by atoms with van der Waals surface area (Å²) in [6.07, 6.45) is 3.57. The second kappa shape index (κ2) is 5.96. The molecule has 1 aromatic rings. The van der Waals surface area contributed by atoms with E-state index in [0.29, 0.717) is 0 Å². The van der Waals surface area contributed by atoms with Gasteiger partial charge in [-0.25, -0.2) is 0 Å². The van der Waals surface area contributed by atoms with Crippen LogP contribution in [0.25, 0.3) is 0 Å². The van der Waals surface area contributed by atoms with Gasteiger partial charge >= 0.3 is 0 Å². The molecule has 3 nitrogen and oxygen atoms in total. The number of benzene rings is 1. The van der Waals surface area contributed by atoms with Crippen molar-refractivity contribution < 1.29 is 4.79 Å². The molecule has 1 fully saturated rings. The van der Waals surface area contributed by atoms with Gasteiger partial charge in [0, 0.05) is 17.5 Å². The second-order valence-electron chi connectivity index (χ2n) is 6.75. The molecule has 0 heterocycles. The summed E-state index contributed by atoms with van der Waals surface area (Å²) < 4.78 is 0. The molecule has 1 saturated carbocycles. The molecule has 0 spiro atoms. The fraction of sp³-hybridized carbons (Fsp3) is 0.588. The number of carbonyl (C=O) groups is 1. The first kappa shape index (κ1) is 15.0. The first-order valence-corrected chi connectivity index (χ1v) is 7.49. The highest BCUT2D eigenvalue weighted by atomic mass is 16.2. The number of amides is 1. The highest BCUT2D eigenvalue weighted by molar-refractivity contribution is 5.79. The third kappa shape index (κ3) is 3.83. The summed E-state index contributed by atoms with van der Waals surface area (Å²) in [6.45, 7) is 6.29. The Morgan fingerprint density at radius 2 is 2.05 bits per heavy atom. The van der Waals surface area contributed by atoms with E-state index >= 15 is 0 Å². The molecule has 1 aromatic carbocycles. The van der Waals surface area contributed by atoms with Gasteiger partial charge in [-0.05, 0) is 57.6 Å². The zero-order valence-corrected chi connectivity index (χ0v) is 12.8. The van der Waals surface area contributed by atoms with Gasteiger partial charge in [-0.15, -0.1) is 0 Å². The summed E-state index contributed by atoms with van der Waals surface area (Å²) in [6, 6.07) is 8.55. The van der Waals surface area contributed by atoms with Crippen LogP contribution in [0.15, 0.2) is 24.3 Å². The smallest absolute Gasteiger partial charge is 0.223 e. The fourth-order valence-electron chi connectivity index (χ4n) is 3.02. The average molecular weight is 274 g/mol. The Morgan fingerprint density at radius 1 is 1.35 bits per heavy atom. The molecule has 1 amide bonds. The predicted octanol–water partition coefficient (Wildman–Crippen LogP) is 2.56. The number of nitrogens with two attached hydrogens (primary N) is 1. The molecule has 110 valence electrons. The molecule has 0 bridgehead atoms. The molecule has 3 heteroatoms. The second-order valence-corrected chi connectivity index (χ2v) is 6.75. The van der Waals surface area contributed by atoms with E-state index in [1.807, 2.05) is 6.07 Å². The lowest BCUT2D eigenvalue weighted by molar-refractivity contribution is -0.126. The van der Waals surface area contributed by atoms with E-state index in [1.165, 1.54) is 11.1 Å². The third-order valence-corrected chi connectivity index (χ3v) is 4.20. The van der Waals surface area contributed by atoms with E-state index in [-0.39, 0.29) is 23.4 Å². The number of carbonyl (C=O) groups excluding carboxylic acids is 1. The average Bonchev–Trinajstić information content (AvgIpc) is 2.78. The molecule has 2 atom stereocenters. The van der Waals surface area contributed by atoms with Crippen LogP contribution in [-0.2, 0) is 11.2 Å². The Hall–Kier alpha value is -1.35. The van der Waals surface area contributed by atoms with Crippen molar-refractivity contribution in [2.45, 2.75) is 58.0 Å². The number of hydrogen-bond acceptors (Lipinski definition) is 2. The largest absolute Gasteiger partial charge is 0.351 e. The van der Waals surface area contributed by atoms with Crippen LogP contribution in [0.5, 0.6) is 0 Å². The summed E-state index contributed by atoms with van der Waals surface area (Å²) in [5.74, 6) is 0.262. The van der Waals surface area contributed by atoms with E-state index in [9.17, 15) is 4.79 Å². The van der Waals surface area contributed by atoms with Gasteiger partial charge in [0.05, 0.1) is 0 Å². The minimum absolute atomic E-state index is 0.0983. The van der Waals surface area contributed by atoms with Crippen molar-refractivity contribution >= 4 is 5.91 Å². The Kier molecular flexibility index (Phi) is 4.48. The van der Waals surface area contributed by atoms with Gasteiger partial charge in [0.2, 0.25) is 5.91 Å². The lowest BCUT2D eigenvalue weighted by Crippen LogP contribution is -2.47. The van der Waals surface area contributed by atoms with E-state index < -0.39 is 0 Å². The van der Waals surface area contributed by atoms with Crippen LogP contribution in [0, 0.1) is 12.8 Å². The lowest BCUT2D eigenvalue weighted by Gasteiger charge is -2.28. The van der Waals surface area contributed by atoms with Gasteiger partial charge in [-0.3, -0.25) is 4.79 Å². The van der Waals surface area contributed by atoms with Gasteiger partial charge in [0.15, 0.2) is 0 Å². The van der Waals surface area contributed by atoms with Crippen LogP contribution in [0.4, 0.5) is 0 Å². The van der Waals surface area contributed by atoms with E-state index in [0.717, 1.165) is 25.7 Å². The summed E-state index contributed by atoms with van der Waals surface area (Å²) in [5, 5.41) is 3.20. The monoisotopic (exact) mass is 274 g/mol. The Bertz CT molecular complexity index is 482. The standard InChI is InChI=1S/C17H26N2O/c1-12-6-4-5-7-14(12)11-17(2,3)19-16(20)13-8-9-15(18)10-13/h4-7,13,15H,8-11,18H2,1-3H3,(H,19,20).